The molecule has 0 bridgehead atoms. The first-order chi connectivity index (χ1) is 24.3. The summed E-state index contributed by atoms with van der Waals surface area (Å²) in [5.74, 6) is 0. The molecule has 0 unspecified atom stereocenters. The van der Waals surface area contributed by atoms with E-state index in [9.17, 15) is 0 Å². The Labute approximate surface area is 292 Å². The average molecular weight is 660 g/mol. The van der Waals surface area contributed by atoms with Crippen molar-refractivity contribution in [3.63, 3.8) is 0 Å². The minimum absolute atomic E-state index is 1.13. The van der Waals surface area contributed by atoms with Gasteiger partial charge in [0.25, 0.3) is 0 Å². The van der Waals surface area contributed by atoms with Gasteiger partial charge in [0.2, 0.25) is 0 Å². The lowest BCUT2D eigenvalue weighted by Gasteiger charge is -2.26. The molecule has 10 rings (SSSR count). The Bertz CT molecular complexity index is 2840. The summed E-state index contributed by atoms with van der Waals surface area (Å²) in [6.45, 7) is 0. The first-order valence-electron chi connectivity index (χ1n) is 16.6. The van der Waals surface area contributed by atoms with Gasteiger partial charge in [-0.3, -0.25) is 0 Å². The maximum absolute atomic E-state index is 2.40. The van der Waals surface area contributed by atoms with E-state index in [1.165, 1.54) is 73.4 Å². The second-order valence-corrected chi connectivity index (χ2v) is 14.7. The van der Waals surface area contributed by atoms with Crippen molar-refractivity contribution in [3.8, 4) is 22.3 Å². The van der Waals surface area contributed by atoms with Gasteiger partial charge >= 0.3 is 0 Å². The lowest BCUT2D eigenvalue weighted by atomic mass is 10.00. The van der Waals surface area contributed by atoms with E-state index >= 15 is 0 Å². The lowest BCUT2D eigenvalue weighted by Crippen LogP contribution is -2.09. The van der Waals surface area contributed by atoms with E-state index in [-0.39, 0.29) is 0 Å². The van der Waals surface area contributed by atoms with Gasteiger partial charge in [0, 0.05) is 57.4 Å². The zero-order valence-corrected chi connectivity index (χ0v) is 28.1. The highest BCUT2D eigenvalue weighted by Crippen LogP contribution is 2.43. The minimum atomic E-state index is 1.13. The quantitative estimate of drug-likeness (QED) is 0.178. The molecule has 3 heteroatoms. The molecule has 2 heterocycles. The van der Waals surface area contributed by atoms with Gasteiger partial charge < -0.3 is 4.90 Å². The third-order valence-electron chi connectivity index (χ3n) is 9.65. The number of benzene rings is 8. The van der Waals surface area contributed by atoms with E-state index in [0.717, 1.165) is 17.1 Å². The fraction of sp³-hybridized carbons (Fsp3) is 0. The van der Waals surface area contributed by atoms with Crippen LogP contribution in [0.5, 0.6) is 0 Å². The molecule has 0 saturated carbocycles. The minimum Gasteiger partial charge on any atom is -0.310 e. The van der Waals surface area contributed by atoms with Crippen LogP contribution in [0.25, 0.3) is 73.4 Å². The topological polar surface area (TPSA) is 3.24 Å². The van der Waals surface area contributed by atoms with Gasteiger partial charge in [-0.15, -0.1) is 22.7 Å². The normalized spacial score (nSPS) is 11.7. The summed E-state index contributed by atoms with van der Waals surface area (Å²) in [7, 11) is 0. The highest BCUT2D eigenvalue weighted by Gasteiger charge is 2.17. The van der Waals surface area contributed by atoms with Crippen molar-refractivity contribution in [1.82, 2.24) is 0 Å². The number of thiophene rings is 2. The predicted octanol–water partition coefficient (Wildman–Crippen LogP) is 14.4. The lowest BCUT2D eigenvalue weighted by molar-refractivity contribution is 1.29. The van der Waals surface area contributed by atoms with Crippen molar-refractivity contribution in [2.24, 2.45) is 0 Å². The molecule has 0 N–H and O–H groups in total. The van der Waals surface area contributed by atoms with Gasteiger partial charge in [-0.25, -0.2) is 0 Å². The predicted molar refractivity (Wildman–Crippen MR) is 215 cm³/mol. The Morgan fingerprint density at radius 1 is 0.327 bits per heavy atom. The summed E-state index contributed by atoms with van der Waals surface area (Å²) in [6, 6.07) is 64.5. The van der Waals surface area contributed by atoms with Gasteiger partial charge in [-0.2, -0.15) is 0 Å². The number of hydrogen-bond acceptors (Lipinski definition) is 3. The van der Waals surface area contributed by atoms with Crippen LogP contribution in [0.3, 0.4) is 0 Å². The fourth-order valence-electron chi connectivity index (χ4n) is 7.26. The van der Waals surface area contributed by atoms with Crippen LogP contribution in [-0.4, -0.2) is 0 Å². The van der Waals surface area contributed by atoms with Gasteiger partial charge in [0.05, 0.1) is 0 Å². The Balaban J connectivity index is 1.11. The maximum Gasteiger partial charge on any atom is 0.0476 e. The van der Waals surface area contributed by atoms with E-state index < -0.39 is 0 Å². The highest BCUT2D eigenvalue weighted by atomic mass is 32.1. The maximum atomic E-state index is 2.40. The Morgan fingerprint density at radius 2 is 0.939 bits per heavy atom. The molecule has 0 radical (unpaired) electrons. The van der Waals surface area contributed by atoms with Gasteiger partial charge in [-0.1, -0.05) is 121 Å². The van der Waals surface area contributed by atoms with Crippen LogP contribution in [0.4, 0.5) is 17.1 Å². The fourth-order valence-corrected chi connectivity index (χ4v) is 9.64. The number of nitrogens with zero attached hydrogens (tertiary/aromatic N) is 1. The SMILES string of the molecule is c1cc(-c2ccc3ccccc3c2)cc(N(c2ccc(-c3cccc4c3sc3ccccc34)cc2)c2ccc3c(c2)sc2ccccc23)c1. The molecule has 10 aromatic rings. The van der Waals surface area contributed by atoms with Crippen molar-refractivity contribution in [2.75, 3.05) is 4.90 Å². The molecule has 0 atom stereocenters. The molecule has 1 nitrogen and oxygen atoms in total. The molecule has 0 aliphatic rings. The largest absolute Gasteiger partial charge is 0.310 e. The molecule has 0 spiro atoms. The van der Waals surface area contributed by atoms with Crippen molar-refractivity contribution in [1.29, 1.82) is 0 Å². The van der Waals surface area contributed by atoms with E-state index in [2.05, 4.69) is 181 Å². The zero-order valence-electron chi connectivity index (χ0n) is 26.5. The second kappa shape index (κ2) is 11.5. The summed E-state index contributed by atoms with van der Waals surface area (Å²) in [6.07, 6.45) is 0. The average Bonchev–Trinajstić information content (AvgIpc) is 3.73. The first kappa shape index (κ1) is 28.3. The van der Waals surface area contributed by atoms with Crippen LogP contribution in [0.2, 0.25) is 0 Å². The second-order valence-electron chi connectivity index (χ2n) is 12.6. The molecule has 49 heavy (non-hydrogen) atoms. The van der Waals surface area contributed by atoms with E-state index in [0.29, 0.717) is 0 Å². The van der Waals surface area contributed by atoms with E-state index in [4.69, 9.17) is 0 Å². The first-order valence-corrected chi connectivity index (χ1v) is 18.2. The molecule has 0 amide bonds. The molecule has 0 fully saturated rings. The summed E-state index contributed by atoms with van der Waals surface area (Å²) in [5.41, 5.74) is 8.33. The molecule has 0 saturated heterocycles. The van der Waals surface area contributed by atoms with Gasteiger partial charge in [0.15, 0.2) is 0 Å². The van der Waals surface area contributed by atoms with Crippen LogP contribution in [0, 0.1) is 0 Å². The number of anilines is 3. The number of hydrogen-bond donors (Lipinski definition) is 0. The standard InChI is InChI=1S/C46H29NS2/c1-2-10-32-27-34(20-19-30(32)9-1)33-11-7-12-36(28-33)47(37-25-26-41-39-13-3-5-17-43(39)48-45(41)29-37)35-23-21-31(22-24-35)38-15-8-16-42-40-14-4-6-18-44(40)49-46(38)42/h1-29H. The third-order valence-corrected chi connectivity index (χ3v) is 12.0. The third kappa shape index (κ3) is 4.82. The summed E-state index contributed by atoms with van der Waals surface area (Å²) >= 11 is 3.74. The zero-order chi connectivity index (χ0) is 32.3. The highest BCUT2D eigenvalue weighted by molar-refractivity contribution is 7.26. The monoisotopic (exact) mass is 659 g/mol. The summed E-state index contributed by atoms with van der Waals surface area (Å²) in [5, 5.41) is 7.79. The molecular formula is C46H29NS2. The summed E-state index contributed by atoms with van der Waals surface area (Å²) < 4.78 is 5.28. The molecule has 8 aromatic carbocycles. The number of fused-ring (bicyclic) bond motifs is 7. The van der Waals surface area contributed by atoms with Crippen molar-refractivity contribution in [3.05, 3.63) is 176 Å². The van der Waals surface area contributed by atoms with Crippen LogP contribution < -0.4 is 4.90 Å². The molecule has 0 aliphatic carbocycles. The molecule has 0 aliphatic heterocycles. The molecular weight excluding hydrogens is 631 g/mol. The van der Waals surface area contributed by atoms with Crippen molar-refractivity contribution in [2.45, 2.75) is 0 Å². The van der Waals surface area contributed by atoms with Crippen LogP contribution in [0.15, 0.2) is 176 Å². The van der Waals surface area contributed by atoms with E-state index in [1.807, 2.05) is 22.7 Å². The Kier molecular flexibility index (Phi) is 6.61. The van der Waals surface area contributed by atoms with Gasteiger partial charge in [-0.05, 0) is 87.6 Å². The molecule has 2 aromatic heterocycles. The smallest absolute Gasteiger partial charge is 0.0476 e. The van der Waals surface area contributed by atoms with E-state index in [1.54, 1.807) is 0 Å². The summed E-state index contributed by atoms with van der Waals surface area (Å²) in [4.78, 5) is 2.40. The number of rotatable bonds is 5. The van der Waals surface area contributed by atoms with Crippen LogP contribution >= 0.6 is 22.7 Å². The van der Waals surface area contributed by atoms with Crippen molar-refractivity contribution < 1.29 is 0 Å². The van der Waals surface area contributed by atoms with Crippen LogP contribution in [0.1, 0.15) is 0 Å². The molecule has 230 valence electrons. The van der Waals surface area contributed by atoms with Crippen molar-refractivity contribution >= 4 is 90.9 Å². The van der Waals surface area contributed by atoms with Crippen LogP contribution in [-0.2, 0) is 0 Å². The Morgan fingerprint density at radius 3 is 1.80 bits per heavy atom. The Hall–Kier alpha value is -5.74. The van der Waals surface area contributed by atoms with Gasteiger partial charge in [0.1, 0.15) is 0 Å².